The van der Waals surface area contributed by atoms with Crippen molar-refractivity contribution in [3.63, 3.8) is 0 Å². The molecule has 32 heavy (non-hydrogen) atoms. The van der Waals surface area contributed by atoms with Crippen molar-refractivity contribution in [1.29, 1.82) is 0 Å². The zero-order chi connectivity index (χ0) is 22.6. The van der Waals surface area contributed by atoms with Crippen LogP contribution in [-0.2, 0) is 21.2 Å². The standard InChI is InChI=1S/C22H24N4O4S2/c1-30-19-9-7-17(8-10-19)21-23-22(25-24-21)31-14-20(27)26(13-16-5-3-2-4-6-16)18-11-12-32(28,29)15-18/h2-10,18H,11-15H2,1H3,(H,23,24,25)/t18-/m0/s1. The lowest BCUT2D eigenvalue weighted by Crippen LogP contribution is -2.41. The van der Waals surface area contributed by atoms with Crippen LogP contribution in [0.4, 0.5) is 0 Å². The number of amides is 1. The maximum Gasteiger partial charge on any atom is 0.233 e. The molecule has 0 spiro atoms. The lowest BCUT2D eigenvalue weighted by Gasteiger charge is -2.28. The van der Waals surface area contributed by atoms with Gasteiger partial charge in [0.05, 0.1) is 24.4 Å². The molecule has 0 radical (unpaired) electrons. The number of thioether (sulfide) groups is 1. The minimum absolute atomic E-state index is 0.0124. The Bertz CT molecular complexity index is 1160. The summed E-state index contributed by atoms with van der Waals surface area (Å²) in [6, 6.07) is 16.7. The first-order valence-corrected chi connectivity index (χ1v) is 13.0. The highest BCUT2D eigenvalue weighted by atomic mass is 32.2. The number of hydrogen-bond acceptors (Lipinski definition) is 7. The first kappa shape index (κ1) is 22.3. The molecule has 1 amide bonds. The fraction of sp³-hybridized carbons (Fsp3) is 0.318. The molecule has 2 heterocycles. The van der Waals surface area contributed by atoms with Crippen molar-refractivity contribution in [3.8, 4) is 17.1 Å². The van der Waals surface area contributed by atoms with Gasteiger partial charge in [-0.05, 0) is 36.2 Å². The summed E-state index contributed by atoms with van der Waals surface area (Å²) in [6.45, 7) is 0.380. The van der Waals surface area contributed by atoms with Gasteiger partial charge < -0.3 is 9.64 Å². The van der Waals surface area contributed by atoms with Gasteiger partial charge in [0, 0.05) is 18.2 Å². The molecule has 4 rings (SSSR count). The molecule has 3 aromatic rings. The zero-order valence-electron chi connectivity index (χ0n) is 17.6. The highest BCUT2D eigenvalue weighted by Crippen LogP contribution is 2.24. The summed E-state index contributed by atoms with van der Waals surface area (Å²) in [5, 5.41) is 7.55. The Balaban J connectivity index is 1.43. The van der Waals surface area contributed by atoms with Crippen molar-refractivity contribution in [2.45, 2.75) is 24.2 Å². The summed E-state index contributed by atoms with van der Waals surface area (Å²) in [7, 11) is -1.50. The molecule has 1 aliphatic heterocycles. The summed E-state index contributed by atoms with van der Waals surface area (Å²) in [5.41, 5.74) is 1.83. The van der Waals surface area contributed by atoms with Crippen molar-refractivity contribution in [1.82, 2.24) is 20.1 Å². The number of nitrogens with one attached hydrogen (secondary N) is 1. The molecule has 2 aromatic carbocycles. The van der Waals surface area contributed by atoms with E-state index in [1.165, 1.54) is 11.8 Å². The van der Waals surface area contributed by atoms with Crippen LogP contribution in [-0.4, -0.2) is 64.8 Å². The van der Waals surface area contributed by atoms with Gasteiger partial charge >= 0.3 is 0 Å². The molecule has 0 bridgehead atoms. The third kappa shape index (κ3) is 5.49. The Morgan fingerprint density at radius 3 is 2.59 bits per heavy atom. The highest BCUT2D eigenvalue weighted by Gasteiger charge is 2.34. The van der Waals surface area contributed by atoms with Gasteiger partial charge in [-0.2, -0.15) is 0 Å². The molecule has 8 nitrogen and oxygen atoms in total. The van der Waals surface area contributed by atoms with Gasteiger partial charge in [0.1, 0.15) is 5.75 Å². The van der Waals surface area contributed by atoms with Gasteiger partial charge in [0.25, 0.3) is 0 Å². The molecule has 1 fully saturated rings. The van der Waals surface area contributed by atoms with Gasteiger partial charge in [0.2, 0.25) is 11.1 Å². The van der Waals surface area contributed by atoms with E-state index in [1.54, 1.807) is 12.0 Å². The van der Waals surface area contributed by atoms with E-state index in [2.05, 4.69) is 15.2 Å². The number of H-pyrrole nitrogens is 1. The number of carbonyl (C=O) groups excluding carboxylic acids is 1. The van der Waals surface area contributed by atoms with E-state index in [0.29, 0.717) is 23.9 Å². The summed E-state index contributed by atoms with van der Waals surface area (Å²) in [4.78, 5) is 19.2. The number of hydrogen-bond donors (Lipinski definition) is 1. The van der Waals surface area contributed by atoms with E-state index >= 15 is 0 Å². The van der Waals surface area contributed by atoms with Crippen LogP contribution in [0, 0.1) is 0 Å². The van der Waals surface area contributed by atoms with E-state index in [9.17, 15) is 13.2 Å². The highest BCUT2D eigenvalue weighted by molar-refractivity contribution is 7.99. The van der Waals surface area contributed by atoms with Crippen LogP contribution in [0.5, 0.6) is 5.75 Å². The number of benzene rings is 2. The van der Waals surface area contributed by atoms with E-state index in [1.807, 2.05) is 54.6 Å². The molecule has 168 valence electrons. The maximum absolute atomic E-state index is 13.1. The van der Waals surface area contributed by atoms with Crippen molar-refractivity contribution >= 4 is 27.5 Å². The van der Waals surface area contributed by atoms with Gasteiger partial charge in [-0.1, -0.05) is 42.1 Å². The monoisotopic (exact) mass is 472 g/mol. The van der Waals surface area contributed by atoms with Crippen LogP contribution < -0.4 is 4.74 Å². The van der Waals surface area contributed by atoms with Crippen molar-refractivity contribution in [3.05, 3.63) is 60.2 Å². The molecule has 0 unspecified atom stereocenters. The predicted octanol–water partition coefficient (Wildman–Crippen LogP) is 2.79. The third-order valence-electron chi connectivity index (χ3n) is 5.32. The molecule has 10 heteroatoms. The maximum atomic E-state index is 13.1. The zero-order valence-corrected chi connectivity index (χ0v) is 19.2. The van der Waals surface area contributed by atoms with Crippen LogP contribution >= 0.6 is 11.8 Å². The number of nitrogens with zero attached hydrogens (tertiary/aromatic N) is 3. The van der Waals surface area contributed by atoms with Crippen molar-refractivity contribution in [2.24, 2.45) is 0 Å². The summed E-state index contributed by atoms with van der Waals surface area (Å²) >= 11 is 1.23. The smallest absolute Gasteiger partial charge is 0.233 e. The van der Waals surface area contributed by atoms with Crippen LogP contribution in [0.3, 0.4) is 0 Å². The molecule has 1 atom stereocenters. The number of sulfone groups is 1. The van der Waals surface area contributed by atoms with E-state index in [4.69, 9.17) is 4.74 Å². The van der Waals surface area contributed by atoms with Crippen LogP contribution in [0.1, 0.15) is 12.0 Å². The normalized spacial score (nSPS) is 17.2. The number of rotatable bonds is 8. The first-order valence-electron chi connectivity index (χ1n) is 10.2. The van der Waals surface area contributed by atoms with Gasteiger partial charge in [-0.15, -0.1) is 5.10 Å². The fourth-order valence-electron chi connectivity index (χ4n) is 3.62. The average Bonchev–Trinajstić information content (AvgIpc) is 3.43. The van der Waals surface area contributed by atoms with Crippen molar-refractivity contribution < 1.29 is 17.9 Å². The number of aromatic nitrogens is 3. The Kier molecular flexibility index (Phi) is 6.80. The topological polar surface area (TPSA) is 105 Å². The molecule has 1 N–H and O–H groups in total. The number of carbonyl (C=O) groups is 1. The molecular weight excluding hydrogens is 448 g/mol. The quantitative estimate of drug-likeness (QED) is 0.503. The summed E-state index contributed by atoms with van der Waals surface area (Å²) in [5.74, 6) is 1.49. The third-order valence-corrected chi connectivity index (χ3v) is 7.90. The first-order chi connectivity index (χ1) is 15.4. The van der Waals surface area contributed by atoms with Crippen LogP contribution in [0.25, 0.3) is 11.4 Å². The number of methoxy groups -OCH3 is 1. The largest absolute Gasteiger partial charge is 0.497 e. The fourth-order valence-corrected chi connectivity index (χ4v) is 6.04. The van der Waals surface area contributed by atoms with Gasteiger partial charge in [-0.25, -0.2) is 13.4 Å². The second kappa shape index (κ2) is 9.74. The van der Waals surface area contributed by atoms with E-state index in [0.717, 1.165) is 16.9 Å². The Hall–Kier alpha value is -2.85. The molecule has 0 saturated carbocycles. The number of aromatic amines is 1. The minimum Gasteiger partial charge on any atom is -0.497 e. The number of ether oxygens (including phenoxy) is 1. The SMILES string of the molecule is COc1ccc(-c2nc(SCC(=O)N(Cc3ccccc3)[C@H]3CCS(=O)(=O)C3)n[nH]2)cc1. The second-order valence-electron chi connectivity index (χ2n) is 7.55. The Morgan fingerprint density at radius 2 is 1.94 bits per heavy atom. The summed E-state index contributed by atoms with van der Waals surface area (Å²) < 4.78 is 29.2. The van der Waals surface area contributed by atoms with E-state index in [-0.39, 0.29) is 29.2 Å². The van der Waals surface area contributed by atoms with Crippen LogP contribution in [0.15, 0.2) is 59.8 Å². The minimum atomic E-state index is -3.11. The molecule has 0 aliphatic carbocycles. The van der Waals surface area contributed by atoms with Gasteiger partial charge in [0.15, 0.2) is 15.7 Å². The Morgan fingerprint density at radius 1 is 1.19 bits per heavy atom. The summed E-state index contributed by atoms with van der Waals surface area (Å²) in [6.07, 6.45) is 0.466. The van der Waals surface area contributed by atoms with Crippen LogP contribution in [0.2, 0.25) is 0 Å². The molecule has 1 aromatic heterocycles. The molecular formula is C22H24N4O4S2. The predicted molar refractivity (Wildman–Crippen MR) is 123 cm³/mol. The molecule has 1 aliphatic rings. The van der Waals surface area contributed by atoms with E-state index < -0.39 is 9.84 Å². The van der Waals surface area contributed by atoms with Gasteiger partial charge in [-0.3, -0.25) is 9.89 Å². The van der Waals surface area contributed by atoms with Crippen molar-refractivity contribution in [2.75, 3.05) is 24.4 Å². The average molecular weight is 473 g/mol. The second-order valence-corrected chi connectivity index (χ2v) is 10.7. The molecule has 1 saturated heterocycles. The lowest BCUT2D eigenvalue weighted by molar-refractivity contribution is -0.130. The lowest BCUT2D eigenvalue weighted by atomic mass is 10.1. The Labute approximate surface area is 191 Å².